The van der Waals surface area contributed by atoms with E-state index in [-0.39, 0.29) is 30.1 Å². The van der Waals surface area contributed by atoms with E-state index in [0.29, 0.717) is 25.9 Å². The second kappa shape index (κ2) is 8.19. The summed E-state index contributed by atoms with van der Waals surface area (Å²) >= 11 is 0. The van der Waals surface area contributed by atoms with E-state index in [1.165, 1.54) is 6.21 Å². The SMILES string of the molecule is CC(C)(C)C(C=NC(=O)CCCC(N)=O)C(=O)N1CC[C@@H](O)C1. The lowest BCUT2D eigenvalue weighted by atomic mass is 9.80. The van der Waals surface area contributed by atoms with Crippen molar-refractivity contribution in [2.45, 2.75) is 52.6 Å². The van der Waals surface area contributed by atoms with Crippen LogP contribution in [0.2, 0.25) is 0 Å². The average molecular weight is 325 g/mol. The topological polar surface area (TPSA) is 113 Å². The van der Waals surface area contributed by atoms with Crippen molar-refractivity contribution in [1.29, 1.82) is 0 Å². The number of hydrogen-bond acceptors (Lipinski definition) is 4. The van der Waals surface area contributed by atoms with Gasteiger partial charge in [-0.3, -0.25) is 14.4 Å². The van der Waals surface area contributed by atoms with Crippen LogP contribution in [0.4, 0.5) is 0 Å². The maximum Gasteiger partial charge on any atom is 0.245 e. The van der Waals surface area contributed by atoms with Crippen LogP contribution < -0.4 is 5.73 Å². The molecule has 0 aromatic rings. The van der Waals surface area contributed by atoms with Crippen LogP contribution in [0.5, 0.6) is 0 Å². The fourth-order valence-electron chi connectivity index (χ4n) is 2.43. The van der Waals surface area contributed by atoms with Gasteiger partial charge in [-0.05, 0) is 18.3 Å². The highest BCUT2D eigenvalue weighted by atomic mass is 16.3. The predicted molar refractivity (Wildman–Crippen MR) is 86.7 cm³/mol. The zero-order valence-corrected chi connectivity index (χ0v) is 14.1. The van der Waals surface area contributed by atoms with Crippen molar-refractivity contribution in [2.24, 2.45) is 22.1 Å². The summed E-state index contributed by atoms with van der Waals surface area (Å²) in [6.45, 7) is 6.57. The number of likely N-dealkylation sites (tertiary alicyclic amines) is 1. The van der Waals surface area contributed by atoms with Crippen LogP contribution in [-0.2, 0) is 14.4 Å². The van der Waals surface area contributed by atoms with Crippen molar-refractivity contribution in [2.75, 3.05) is 13.1 Å². The van der Waals surface area contributed by atoms with E-state index >= 15 is 0 Å². The maximum absolute atomic E-state index is 12.6. The Balaban J connectivity index is 2.68. The van der Waals surface area contributed by atoms with Gasteiger partial charge in [0.25, 0.3) is 0 Å². The van der Waals surface area contributed by atoms with Gasteiger partial charge in [-0.2, -0.15) is 0 Å². The molecule has 3 N–H and O–H groups in total. The summed E-state index contributed by atoms with van der Waals surface area (Å²) in [6, 6.07) is 0. The van der Waals surface area contributed by atoms with Crippen LogP contribution in [0, 0.1) is 11.3 Å². The lowest BCUT2D eigenvalue weighted by Crippen LogP contribution is -2.41. The molecule has 130 valence electrons. The quantitative estimate of drug-likeness (QED) is 0.692. The number of aliphatic hydroxyl groups is 1. The third-order valence-corrected chi connectivity index (χ3v) is 3.86. The summed E-state index contributed by atoms with van der Waals surface area (Å²) in [4.78, 5) is 40.5. The first-order chi connectivity index (χ1) is 10.6. The van der Waals surface area contributed by atoms with Gasteiger partial charge < -0.3 is 15.7 Å². The zero-order chi connectivity index (χ0) is 17.6. The normalized spacial score (nSPS) is 20.0. The zero-order valence-electron chi connectivity index (χ0n) is 14.1. The molecule has 0 aliphatic carbocycles. The Kier molecular flexibility index (Phi) is 6.87. The second-order valence-corrected chi connectivity index (χ2v) is 7.06. The molecule has 0 saturated carbocycles. The molecule has 1 fully saturated rings. The highest BCUT2D eigenvalue weighted by Gasteiger charge is 2.35. The van der Waals surface area contributed by atoms with Gasteiger partial charge in [0.05, 0.1) is 12.0 Å². The number of aliphatic imine (C=N–C) groups is 1. The van der Waals surface area contributed by atoms with Crippen LogP contribution in [0.15, 0.2) is 4.99 Å². The lowest BCUT2D eigenvalue weighted by molar-refractivity contribution is -0.135. The molecular weight excluding hydrogens is 298 g/mol. The molecule has 0 aromatic heterocycles. The number of carbonyl (C=O) groups is 3. The Morgan fingerprint density at radius 3 is 2.48 bits per heavy atom. The molecular formula is C16H27N3O4. The summed E-state index contributed by atoms with van der Waals surface area (Å²) < 4.78 is 0. The smallest absolute Gasteiger partial charge is 0.245 e. The van der Waals surface area contributed by atoms with Gasteiger partial charge >= 0.3 is 0 Å². The number of β-amino-alcohol motifs (C(OH)–C–C–N with tert-alkyl or cyclic N) is 1. The maximum atomic E-state index is 12.6. The van der Waals surface area contributed by atoms with Crippen molar-refractivity contribution >= 4 is 23.9 Å². The second-order valence-electron chi connectivity index (χ2n) is 7.06. The van der Waals surface area contributed by atoms with Crippen molar-refractivity contribution < 1.29 is 19.5 Å². The number of hydrogen-bond donors (Lipinski definition) is 2. The summed E-state index contributed by atoms with van der Waals surface area (Å²) in [5, 5.41) is 9.57. The third-order valence-electron chi connectivity index (χ3n) is 3.86. The molecule has 1 rings (SSSR count). The van der Waals surface area contributed by atoms with Gasteiger partial charge in [0.1, 0.15) is 0 Å². The highest BCUT2D eigenvalue weighted by molar-refractivity contribution is 5.98. The number of primary amides is 1. The Bertz CT molecular complexity index is 482. The van der Waals surface area contributed by atoms with E-state index in [1.54, 1.807) is 4.90 Å². The van der Waals surface area contributed by atoms with E-state index in [4.69, 9.17) is 5.73 Å². The Morgan fingerprint density at radius 2 is 2.00 bits per heavy atom. The molecule has 1 aliphatic heterocycles. The first-order valence-corrected chi connectivity index (χ1v) is 7.93. The molecule has 0 bridgehead atoms. The first kappa shape index (κ1) is 19.3. The van der Waals surface area contributed by atoms with Gasteiger partial charge in [0, 0.05) is 32.1 Å². The van der Waals surface area contributed by atoms with Crippen molar-refractivity contribution in [3.63, 3.8) is 0 Å². The van der Waals surface area contributed by atoms with Crippen molar-refractivity contribution in [1.82, 2.24) is 4.90 Å². The lowest BCUT2D eigenvalue weighted by Gasteiger charge is -2.30. The summed E-state index contributed by atoms with van der Waals surface area (Å²) in [7, 11) is 0. The van der Waals surface area contributed by atoms with Gasteiger partial charge in [-0.25, -0.2) is 4.99 Å². The standard InChI is InChI=1S/C16H27N3O4/c1-16(2,3)12(15(23)19-8-7-11(20)10-19)9-18-14(22)6-4-5-13(17)21/h9,11-12,20H,4-8,10H2,1-3H3,(H2,17,21)/t11-,12?/m1/s1. The highest BCUT2D eigenvalue weighted by Crippen LogP contribution is 2.27. The van der Waals surface area contributed by atoms with E-state index in [1.807, 2.05) is 20.8 Å². The van der Waals surface area contributed by atoms with Crippen molar-refractivity contribution in [3.05, 3.63) is 0 Å². The fraction of sp³-hybridized carbons (Fsp3) is 0.750. The van der Waals surface area contributed by atoms with Crippen LogP contribution in [0.3, 0.4) is 0 Å². The number of amides is 3. The Morgan fingerprint density at radius 1 is 1.35 bits per heavy atom. The first-order valence-electron chi connectivity index (χ1n) is 7.93. The van der Waals surface area contributed by atoms with Gasteiger partial charge in [0.2, 0.25) is 17.7 Å². The van der Waals surface area contributed by atoms with E-state index < -0.39 is 17.9 Å². The summed E-state index contributed by atoms with van der Waals surface area (Å²) in [5.74, 6) is -1.47. The molecule has 3 amide bonds. The minimum absolute atomic E-state index is 0.122. The monoisotopic (exact) mass is 325 g/mol. The molecule has 0 radical (unpaired) electrons. The van der Waals surface area contributed by atoms with Gasteiger partial charge in [0.15, 0.2) is 0 Å². The average Bonchev–Trinajstić information content (AvgIpc) is 2.83. The summed E-state index contributed by atoms with van der Waals surface area (Å²) in [5.41, 5.74) is 4.63. The minimum Gasteiger partial charge on any atom is -0.391 e. The predicted octanol–water partition coefficient (Wildman–Crippen LogP) is 0.495. The minimum atomic E-state index is -0.534. The Labute approximate surface area is 136 Å². The van der Waals surface area contributed by atoms with Crippen LogP contribution in [0.25, 0.3) is 0 Å². The van der Waals surface area contributed by atoms with E-state index in [2.05, 4.69) is 4.99 Å². The van der Waals surface area contributed by atoms with Gasteiger partial charge in [-0.15, -0.1) is 0 Å². The molecule has 0 aromatic carbocycles. The molecule has 2 atom stereocenters. The molecule has 1 heterocycles. The Hall–Kier alpha value is -1.76. The van der Waals surface area contributed by atoms with Gasteiger partial charge in [-0.1, -0.05) is 20.8 Å². The molecule has 1 unspecified atom stereocenters. The van der Waals surface area contributed by atoms with E-state index in [0.717, 1.165) is 0 Å². The number of aliphatic hydroxyl groups excluding tert-OH is 1. The third kappa shape index (κ3) is 6.48. The number of nitrogens with zero attached hydrogens (tertiary/aromatic N) is 2. The van der Waals surface area contributed by atoms with Crippen LogP contribution in [-0.4, -0.2) is 53.1 Å². The molecule has 7 heteroatoms. The molecule has 1 saturated heterocycles. The number of nitrogens with two attached hydrogens (primary N) is 1. The number of rotatable bonds is 6. The molecule has 0 spiro atoms. The largest absolute Gasteiger partial charge is 0.391 e. The molecule has 7 nitrogen and oxygen atoms in total. The number of carbonyl (C=O) groups excluding carboxylic acids is 3. The molecule has 23 heavy (non-hydrogen) atoms. The van der Waals surface area contributed by atoms with Crippen LogP contribution in [0.1, 0.15) is 46.5 Å². The van der Waals surface area contributed by atoms with Crippen LogP contribution >= 0.6 is 0 Å². The molecule has 1 aliphatic rings. The fourth-order valence-corrected chi connectivity index (χ4v) is 2.43. The summed E-state index contributed by atoms with van der Waals surface area (Å²) in [6.07, 6.45) is 2.14. The van der Waals surface area contributed by atoms with Crippen molar-refractivity contribution in [3.8, 4) is 0 Å². The van der Waals surface area contributed by atoms with E-state index in [9.17, 15) is 19.5 Å².